The van der Waals surface area contributed by atoms with E-state index in [1.165, 1.54) is 6.26 Å². The van der Waals surface area contributed by atoms with Gasteiger partial charge < -0.3 is 16.0 Å². The normalized spacial score (nSPS) is 12.5. The molecule has 0 aliphatic heterocycles. The Morgan fingerprint density at radius 3 is 2.54 bits per heavy atom. The van der Waals surface area contributed by atoms with E-state index in [9.17, 15) is 13.2 Å². The molecule has 1 amide bonds. The van der Waals surface area contributed by atoms with Crippen molar-refractivity contribution in [3.8, 4) is 0 Å². The van der Waals surface area contributed by atoms with Gasteiger partial charge in [-0.3, -0.25) is 9.79 Å². The fraction of sp³-hybridized carbons (Fsp3) is 0.600. The van der Waals surface area contributed by atoms with Crippen LogP contribution in [0.15, 0.2) is 29.3 Å². The highest BCUT2D eigenvalue weighted by Crippen LogP contribution is 2.21. The van der Waals surface area contributed by atoms with Gasteiger partial charge in [-0.1, -0.05) is 26.0 Å². The van der Waals surface area contributed by atoms with E-state index in [0.29, 0.717) is 31.0 Å². The Hall–Kier alpha value is -2.09. The minimum Gasteiger partial charge on any atom is -0.357 e. The highest BCUT2D eigenvalue weighted by atomic mass is 32.2. The van der Waals surface area contributed by atoms with Crippen molar-refractivity contribution in [1.82, 2.24) is 16.0 Å². The zero-order valence-electron chi connectivity index (χ0n) is 17.6. The summed E-state index contributed by atoms with van der Waals surface area (Å²) in [6.45, 7) is 7.99. The number of nitrogens with one attached hydrogen (secondary N) is 3. The molecule has 0 fully saturated rings. The third-order valence-corrected chi connectivity index (χ3v) is 5.23. The lowest BCUT2D eigenvalue weighted by molar-refractivity contribution is 0.0963. The molecule has 1 rings (SSSR count). The van der Waals surface area contributed by atoms with Crippen molar-refractivity contribution in [3.05, 3.63) is 35.4 Å². The minimum atomic E-state index is -2.97. The van der Waals surface area contributed by atoms with Gasteiger partial charge in [0.25, 0.3) is 5.91 Å². The van der Waals surface area contributed by atoms with Crippen molar-refractivity contribution in [2.45, 2.75) is 33.6 Å². The van der Waals surface area contributed by atoms with Gasteiger partial charge in [-0.2, -0.15) is 0 Å². The minimum absolute atomic E-state index is 0.0963. The Morgan fingerprint density at radius 1 is 1.21 bits per heavy atom. The van der Waals surface area contributed by atoms with Gasteiger partial charge in [-0.05, 0) is 42.9 Å². The average molecular weight is 411 g/mol. The lowest BCUT2D eigenvalue weighted by atomic mass is 9.90. The summed E-state index contributed by atoms with van der Waals surface area (Å²) in [5, 5.41) is 9.13. The van der Waals surface area contributed by atoms with Crippen LogP contribution < -0.4 is 16.0 Å². The molecule has 0 aliphatic rings. The topological polar surface area (TPSA) is 99.7 Å². The molecule has 0 aliphatic carbocycles. The van der Waals surface area contributed by atoms with Gasteiger partial charge in [-0.25, -0.2) is 8.42 Å². The van der Waals surface area contributed by atoms with Crippen LogP contribution in [0.4, 0.5) is 0 Å². The molecule has 0 radical (unpaired) electrons. The van der Waals surface area contributed by atoms with Gasteiger partial charge in [0, 0.05) is 38.5 Å². The third kappa shape index (κ3) is 9.73. The largest absolute Gasteiger partial charge is 0.357 e. The van der Waals surface area contributed by atoms with Gasteiger partial charge in [0.15, 0.2) is 5.96 Å². The van der Waals surface area contributed by atoms with E-state index in [4.69, 9.17) is 0 Å². The van der Waals surface area contributed by atoms with Crippen LogP contribution in [0, 0.1) is 5.41 Å². The van der Waals surface area contributed by atoms with Gasteiger partial charge in [0.1, 0.15) is 9.84 Å². The van der Waals surface area contributed by atoms with Crippen LogP contribution in [0.5, 0.6) is 0 Å². The second-order valence-corrected chi connectivity index (χ2v) is 9.96. The maximum absolute atomic E-state index is 11.7. The third-order valence-electron chi connectivity index (χ3n) is 4.28. The summed E-state index contributed by atoms with van der Waals surface area (Å²) in [5.74, 6) is 0.777. The predicted octanol–water partition coefficient (Wildman–Crippen LogP) is 1.60. The number of sulfone groups is 1. The number of carbonyl (C=O) groups is 1. The lowest BCUT2D eigenvalue weighted by Crippen LogP contribution is -2.39. The number of hydrogen-bond acceptors (Lipinski definition) is 4. The Labute approximate surface area is 169 Å². The number of amides is 1. The SMILES string of the molecule is CCNC(=NCC(C)(C)CCS(C)(=O)=O)NCCc1cccc(C(=O)NC)c1. The monoisotopic (exact) mass is 410 g/mol. The molecule has 1 aromatic rings. The van der Waals surface area contributed by atoms with Gasteiger partial charge in [0.05, 0.1) is 5.75 Å². The van der Waals surface area contributed by atoms with Crippen molar-refractivity contribution < 1.29 is 13.2 Å². The van der Waals surface area contributed by atoms with E-state index in [-0.39, 0.29) is 17.1 Å². The second kappa shape index (κ2) is 11.0. The number of carbonyl (C=O) groups excluding carboxylic acids is 1. The maximum atomic E-state index is 11.7. The van der Waals surface area contributed by atoms with Crippen molar-refractivity contribution in [2.75, 3.05) is 38.7 Å². The molecule has 0 spiro atoms. The van der Waals surface area contributed by atoms with E-state index in [0.717, 1.165) is 18.5 Å². The number of nitrogens with zero attached hydrogens (tertiary/aromatic N) is 1. The summed E-state index contributed by atoms with van der Waals surface area (Å²) in [6.07, 6.45) is 2.59. The molecule has 0 saturated heterocycles. The number of aliphatic imine (C=N–C) groups is 1. The molecule has 1 aromatic carbocycles. The van der Waals surface area contributed by atoms with Crippen molar-refractivity contribution in [1.29, 1.82) is 0 Å². The molecule has 0 atom stereocenters. The van der Waals surface area contributed by atoms with E-state index in [1.807, 2.05) is 39.0 Å². The van der Waals surface area contributed by atoms with Crippen LogP contribution >= 0.6 is 0 Å². The molecule has 0 saturated carbocycles. The summed E-state index contributed by atoms with van der Waals surface area (Å²) in [4.78, 5) is 16.3. The fourth-order valence-electron chi connectivity index (χ4n) is 2.51. The molecule has 8 heteroatoms. The van der Waals surface area contributed by atoms with Crippen LogP contribution in [0.3, 0.4) is 0 Å². The number of hydrogen-bond donors (Lipinski definition) is 3. The quantitative estimate of drug-likeness (QED) is 0.402. The molecule has 0 heterocycles. The average Bonchev–Trinajstić information content (AvgIpc) is 2.64. The van der Waals surface area contributed by atoms with E-state index in [1.54, 1.807) is 13.1 Å². The highest BCUT2D eigenvalue weighted by molar-refractivity contribution is 7.90. The number of guanidine groups is 1. The first kappa shape index (κ1) is 23.9. The molecule has 0 bridgehead atoms. The molecule has 158 valence electrons. The molecule has 3 N–H and O–H groups in total. The zero-order valence-corrected chi connectivity index (χ0v) is 18.4. The Kier molecular flexibility index (Phi) is 9.45. The Bertz CT molecular complexity index is 773. The number of benzene rings is 1. The summed E-state index contributed by atoms with van der Waals surface area (Å²) >= 11 is 0. The summed E-state index contributed by atoms with van der Waals surface area (Å²) < 4.78 is 22.8. The van der Waals surface area contributed by atoms with Crippen LogP contribution in [0.2, 0.25) is 0 Å². The lowest BCUT2D eigenvalue weighted by Gasteiger charge is -2.22. The molecule has 0 aromatic heterocycles. The van der Waals surface area contributed by atoms with E-state index in [2.05, 4.69) is 20.9 Å². The van der Waals surface area contributed by atoms with E-state index >= 15 is 0 Å². The van der Waals surface area contributed by atoms with Crippen molar-refractivity contribution in [3.63, 3.8) is 0 Å². The standard InChI is InChI=1S/C20H34N4O3S/c1-6-22-19(24-15-20(2,3)11-13-28(5,26)27)23-12-10-16-8-7-9-17(14-16)18(25)21-4/h7-9,14H,6,10-13,15H2,1-5H3,(H,21,25)(H2,22,23,24). The first-order valence-corrected chi connectivity index (χ1v) is 11.6. The first-order chi connectivity index (χ1) is 13.1. The van der Waals surface area contributed by atoms with Gasteiger partial charge >= 0.3 is 0 Å². The van der Waals surface area contributed by atoms with Gasteiger partial charge in [-0.15, -0.1) is 0 Å². The predicted molar refractivity (Wildman–Crippen MR) is 116 cm³/mol. The van der Waals surface area contributed by atoms with Crippen molar-refractivity contribution >= 4 is 21.7 Å². The van der Waals surface area contributed by atoms with Crippen LogP contribution in [-0.2, 0) is 16.3 Å². The molecule has 28 heavy (non-hydrogen) atoms. The Balaban J connectivity index is 2.62. The first-order valence-electron chi connectivity index (χ1n) is 9.57. The fourth-order valence-corrected chi connectivity index (χ4v) is 3.44. The Morgan fingerprint density at radius 2 is 1.93 bits per heavy atom. The van der Waals surface area contributed by atoms with E-state index < -0.39 is 9.84 Å². The van der Waals surface area contributed by atoms with Crippen LogP contribution in [0.25, 0.3) is 0 Å². The number of rotatable bonds is 10. The second-order valence-electron chi connectivity index (χ2n) is 7.70. The van der Waals surface area contributed by atoms with Crippen molar-refractivity contribution in [2.24, 2.45) is 10.4 Å². The highest BCUT2D eigenvalue weighted by Gasteiger charge is 2.20. The molecule has 0 unspecified atom stereocenters. The maximum Gasteiger partial charge on any atom is 0.251 e. The molecule has 7 nitrogen and oxygen atoms in total. The van der Waals surface area contributed by atoms with Crippen LogP contribution in [0.1, 0.15) is 43.1 Å². The summed E-state index contributed by atoms with van der Waals surface area (Å²) in [6, 6.07) is 7.55. The summed E-state index contributed by atoms with van der Waals surface area (Å²) in [7, 11) is -1.35. The van der Waals surface area contributed by atoms with Gasteiger partial charge in [0.2, 0.25) is 0 Å². The summed E-state index contributed by atoms with van der Waals surface area (Å²) in [5.41, 5.74) is 1.51. The van der Waals surface area contributed by atoms with Crippen LogP contribution in [-0.4, -0.2) is 59.0 Å². The molecular weight excluding hydrogens is 376 g/mol. The zero-order chi connectivity index (χ0) is 21.2. The smallest absolute Gasteiger partial charge is 0.251 e. The molecular formula is C20H34N4O3S.